The first kappa shape index (κ1) is 13.4. The summed E-state index contributed by atoms with van der Waals surface area (Å²) in [5.74, 6) is 0.417. The van der Waals surface area contributed by atoms with Gasteiger partial charge in [-0.1, -0.05) is 41.9 Å². The third-order valence-corrected chi connectivity index (χ3v) is 2.89. The molecule has 0 radical (unpaired) electrons. The number of aromatic nitrogens is 1. The number of aryl methyl sites for hydroxylation is 1. The minimum Gasteiger partial charge on any atom is -0.444 e. The lowest BCUT2D eigenvalue weighted by molar-refractivity contribution is 0.155. The topological polar surface area (TPSA) is 51.2 Å². The van der Waals surface area contributed by atoms with Gasteiger partial charge in [0.25, 0.3) is 0 Å². The van der Waals surface area contributed by atoms with Crippen molar-refractivity contribution in [3.63, 3.8) is 0 Å². The molecule has 0 aliphatic heterocycles. The van der Waals surface area contributed by atoms with Crippen LogP contribution in [-0.2, 0) is 11.3 Å². The van der Waals surface area contributed by atoms with Crippen LogP contribution < -0.4 is 5.32 Å². The highest BCUT2D eigenvalue weighted by atomic mass is 35.5. The van der Waals surface area contributed by atoms with Crippen LogP contribution in [0.25, 0.3) is 0 Å². The molecule has 1 N–H and O–H groups in total. The van der Waals surface area contributed by atoms with Crippen molar-refractivity contribution < 1.29 is 9.53 Å². The van der Waals surface area contributed by atoms with Crippen molar-refractivity contribution in [2.45, 2.75) is 13.5 Å². The number of anilines is 1. The van der Waals surface area contributed by atoms with E-state index in [9.17, 15) is 4.79 Å². The Morgan fingerprint density at radius 2 is 2.11 bits per heavy atom. The Labute approximate surface area is 116 Å². The van der Waals surface area contributed by atoms with Gasteiger partial charge in [-0.25, -0.2) is 9.78 Å². The standard InChI is InChI=1S/C14H13ClN2O2/c1-10-7-13(16-8-12(10)15)17-14(18)19-9-11-5-3-2-4-6-11/h2-8H,9H2,1H3,(H,16,17,18). The number of pyridine rings is 1. The average molecular weight is 277 g/mol. The van der Waals surface area contributed by atoms with E-state index >= 15 is 0 Å². The lowest BCUT2D eigenvalue weighted by Crippen LogP contribution is -2.14. The fourth-order valence-electron chi connectivity index (χ4n) is 1.47. The van der Waals surface area contributed by atoms with Crippen molar-refractivity contribution in [1.82, 2.24) is 4.98 Å². The van der Waals surface area contributed by atoms with E-state index in [-0.39, 0.29) is 6.61 Å². The van der Waals surface area contributed by atoms with Crippen LogP contribution in [0.15, 0.2) is 42.6 Å². The average Bonchev–Trinajstić information content (AvgIpc) is 2.42. The quantitative estimate of drug-likeness (QED) is 0.928. The van der Waals surface area contributed by atoms with Gasteiger partial charge in [-0.2, -0.15) is 0 Å². The predicted molar refractivity (Wildman–Crippen MR) is 74.2 cm³/mol. The van der Waals surface area contributed by atoms with E-state index in [2.05, 4.69) is 10.3 Å². The number of ether oxygens (including phenoxy) is 1. The molecule has 0 saturated heterocycles. The summed E-state index contributed by atoms with van der Waals surface area (Å²) in [6, 6.07) is 11.1. The zero-order valence-electron chi connectivity index (χ0n) is 10.4. The molecule has 0 saturated carbocycles. The number of amides is 1. The van der Waals surface area contributed by atoms with Gasteiger partial charge in [0.2, 0.25) is 0 Å². The first-order chi connectivity index (χ1) is 9.15. The zero-order chi connectivity index (χ0) is 13.7. The molecule has 1 aromatic heterocycles. The molecular weight excluding hydrogens is 264 g/mol. The summed E-state index contributed by atoms with van der Waals surface area (Å²) in [7, 11) is 0. The molecule has 5 heteroatoms. The number of nitrogens with zero attached hydrogens (tertiary/aromatic N) is 1. The summed E-state index contributed by atoms with van der Waals surface area (Å²) < 4.78 is 5.08. The van der Waals surface area contributed by atoms with E-state index in [1.165, 1.54) is 6.20 Å². The number of nitrogens with one attached hydrogen (secondary N) is 1. The van der Waals surface area contributed by atoms with E-state index in [4.69, 9.17) is 16.3 Å². The van der Waals surface area contributed by atoms with Gasteiger partial charge in [0.1, 0.15) is 12.4 Å². The van der Waals surface area contributed by atoms with Crippen molar-refractivity contribution in [1.29, 1.82) is 0 Å². The third-order valence-electron chi connectivity index (χ3n) is 2.49. The maximum atomic E-state index is 11.6. The first-order valence-electron chi connectivity index (χ1n) is 5.75. The number of carbonyl (C=O) groups excluding carboxylic acids is 1. The molecule has 1 amide bonds. The summed E-state index contributed by atoms with van der Waals surface area (Å²) >= 11 is 5.85. The highest BCUT2D eigenvalue weighted by Gasteiger charge is 2.06. The largest absolute Gasteiger partial charge is 0.444 e. The zero-order valence-corrected chi connectivity index (χ0v) is 11.1. The maximum Gasteiger partial charge on any atom is 0.413 e. The smallest absolute Gasteiger partial charge is 0.413 e. The summed E-state index contributed by atoms with van der Waals surface area (Å²) in [6.07, 6.45) is 0.946. The van der Waals surface area contributed by atoms with Crippen molar-refractivity contribution in [2.75, 3.05) is 5.32 Å². The number of halogens is 1. The van der Waals surface area contributed by atoms with E-state index in [1.54, 1.807) is 6.07 Å². The van der Waals surface area contributed by atoms with E-state index in [0.717, 1.165) is 11.1 Å². The summed E-state index contributed by atoms with van der Waals surface area (Å²) in [5, 5.41) is 3.11. The Bertz CT molecular complexity index is 573. The summed E-state index contributed by atoms with van der Waals surface area (Å²) in [4.78, 5) is 15.6. The molecule has 98 valence electrons. The normalized spacial score (nSPS) is 10.0. The minimum atomic E-state index is -0.543. The molecule has 2 aromatic rings. The SMILES string of the molecule is Cc1cc(NC(=O)OCc2ccccc2)ncc1Cl. The Morgan fingerprint density at radius 3 is 2.79 bits per heavy atom. The Hall–Kier alpha value is -2.07. The van der Waals surface area contributed by atoms with Crippen molar-refractivity contribution in [3.05, 3.63) is 58.7 Å². The number of carbonyl (C=O) groups is 1. The van der Waals surface area contributed by atoms with E-state index in [0.29, 0.717) is 10.8 Å². The lowest BCUT2D eigenvalue weighted by Gasteiger charge is -2.07. The number of hydrogen-bond donors (Lipinski definition) is 1. The molecule has 0 aliphatic carbocycles. The second kappa shape index (κ2) is 6.20. The van der Waals surface area contributed by atoms with Gasteiger partial charge in [-0.15, -0.1) is 0 Å². The van der Waals surface area contributed by atoms with Gasteiger partial charge in [-0.05, 0) is 24.1 Å². The van der Waals surface area contributed by atoms with Crippen LogP contribution >= 0.6 is 11.6 Å². The Kier molecular flexibility index (Phi) is 4.36. The molecule has 0 unspecified atom stereocenters. The van der Waals surface area contributed by atoms with Crippen LogP contribution in [0.2, 0.25) is 5.02 Å². The summed E-state index contributed by atoms with van der Waals surface area (Å²) in [6.45, 7) is 2.06. The second-order valence-electron chi connectivity index (χ2n) is 4.01. The van der Waals surface area contributed by atoms with Crippen LogP contribution in [0.5, 0.6) is 0 Å². The fourth-order valence-corrected chi connectivity index (χ4v) is 1.57. The van der Waals surface area contributed by atoms with Gasteiger partial charge in [0.15, 0.2) is 0 Å². The summed E-state index contributed by atoms with van der Waals surface area (Å²) in [5.41, 5.74) is 1.77. The molecule has 1 heterocycles. The lowest BCUT2D eigenvalue weighted by atomic mass is 10.2. The van der Waals surface area contributed by atoms with Gasteiger partial charge in [-0.3, -0.25) is 5.32 Å². The number of hydrogen-bond acceptors (Lipinski definition) is 3. The van der Waals surface area contributed by atoms with Gasteiger partial charge >= 0.3 is 6.09 Å². The molecule has 0 bridgehead atoms. The molecule has 4 nitrogen and oxygen atoms in total. The van der Waals surface area contributed by atoms with Gasteiger partial charge < -0.3 is 4.74 Å². The monoisotopic (exact) mass is 276 g/mol. The van der Waals surface area contributed by atoms with Crippen LogP contribution in [0.4, 0.5) is 10.6 Å². The first-order valence-corrected chi connectivity index (χ1v) is 6.13. The molecule has 1 aromatic carbocycles. The van der Waals surface area contributed by atoms with Crippen LogP contribution in [0.1, 0.15) is 11.1 Å². The van der Waals surface area contributed by atoms with Crippen molar-refractivity contribution >= 4 is 23.5 Å². The minimum absolute atomic E-state index is 0.221. The molecular formula is C14H13ClN2O2. The van der Waals surface area contributed by atoms with Gasteiger partial charge in [0, 0.05) is 6.20 Å². The molecule has 19 heavy (non-hydrogen) atoms. The number of benzene rings is 1. The Balaban J connectivity index is 1.89. The highest BCUT2D eigenvalue weighted by molar-refractivity contribution is 6.31. The van der Waals surface area contributed by atoms with E-state index < -0.39 is 6.09 Å². The van der Waals surface area contributed by atoms with Crippen molar-refractivity contribution in [2.24, 2.45) is 0 Å². The predicted octanol–water partition coefficient (Wildman–Crippen LogP) is 3.79. The molecule has 0 spiro atoms. The molecule has 0 fully saturated rings. The van der Waals surface area contributed by atoms with Crippen molar-refractivity contribution in [3.8, 4) is 0 Å². The molecule has 2 rings (SSSR count). The maximum absolute atomic E-state index is 11.6. The van der Waals surface area contributed by atoms with Crippen LogP contribution in [0.3, 0.4) is 0 Å². The van der Waals surface area contributed by atoms with Gasteiger partial charge in [0.05, 0.1) is 5.02 Å². The Morgan fingerprint density at radius 1 is 1.37 bits per heavy atom. The second-order valence-corrected chi connectivity index (χ2v) is 4.41. The third kappa shape index (κ3) is 3.96. The van der Waals surface area contributed by atoms with Crippen LogP contribution in [-0.4, -0.2) is 11.1 Å². The highest BCUT2D eigenvalue weighted by Crippen LogP contribution is 2.16. The fraction of sp³-hybridized carbons (Fsp3) is 0.143. The molecule has 0 atom stereocenters. The number of rotatable bonds is 3. The van der Waals surface area contributed by atoms with E-state index in [1.807, 2.05) is 37.3 Å². The molecule has 0 aliphatic rings. The van der Waals surface area contributed by atoms with Crippen LogP contribution in [0, 0.1) is 6.92 Å².